The first-order chi connectivity index (χ1) is 13.7. The number of carbonyl (C=O) groups excluding carboxylic acids is 1. The number of hydrogen-bond donors (Lipinski definition) is 3. The maximum absolute atomic E-state index is 13.1. The highest BCUT2D eigenvalue weighted by molar-refractivity contribution is 6.28. The lowest BCUT2D eigenvalue weighted by molar-refractivity contribution is 0.0943. The zero-order valence-electron chi connectivity index (χ0n) is 16.2. The highest BCUT2D eigenvalue weighted by Crippen LogP contribution is 2.25. The predicted octanol–water partition coefficient (Wildman–Crippen LogP) is 3.49. The van der Waals surface area contributed by atoms with Gasteiger partial charge in [0.05, 0.1) is 0 Å². The molecule has 0 fully saturated rings. The summed E-state index contributed by atoms with van der Waals surface area (Å²) in [5.74, 6) is -0.461. The third-order valence-electron chi connectivity index (χ3n) is 4.12. The highest BCUT2D eigenvalue weighted by atomic mass is 35.5. The van der Waals surface area contributed by atoms with Crippen LogP contribution in [0.15, 0.2) is 36.5 Å². The van der Waals surface area contributed by atoms with Crippen molar-refractivity contribution < 1.29 is 19.1 Å². The fourth-order valence-corrected chi connectivity index (χ4v) is 2.85. The van der Waals surface area contributed by atoms with Gasteiger partial charge in [-0.15, -0.1) is 0 Å². The van der Waals surface area contributed by atoms with Crippen molar-refractivity contribution in [1.82, 2.24) is 20.7 Å². The number of carboxylic acid groups (broad SMARTS) is 1. The first-order valence-electron chi connectivity index (χ1n) is 8.96. The van der Waals surface area contributed by atoms with Gasteiger partial charge in [0.25, 0.3) is 5.91 Å². The monoisotopic (exact) mass is 423 g/mol. The summed E-state index contributed by atoms with van der Waals surface area (Å²) < 4.78 is 13.1. The van der Waals surface area contributed by atoms with Crippen molar-refractivity contribution in [2.75, 3.05) is 18.1 Å². The number of halogens is 2. The molecule has 2 aromatic rings. The Kier molecular flexibility index (Phi) is 7.72. The van der Waals surface area contributed by atoms with Gasteiger partial charge >= 0.3 is 6.09 Å². The number of nitrogens with zero attached hydrogens (tertiary/aromatic N) is 3. The van der Waals surface area contributed by atoms with Crippen molar-refractivity contribution in [3.05, 3.63) is 53.2 Å². The van der Waals surface area contributed by atoms with Gasteiger partial charge in [0.1, 0.15) is 5.82 Å². The average molecular weight is 424 g/mol. The van der Waals surface area contributed by atoms with Crippen LogP contribution in [-0.4, -0.2) is 40.2 Å². The largest absolute Gasteiger partial charge is 0.465 e. The van der Waals surface area contributed by atoms with Crippen LogP contribution in [0.1, 0.15) is 37.0 Å². The fourth-order valence-electron chi connectivity index (χ4n) is 2.71. The number of rotatable bonds is 9. The lowest BCUT2D eigenvalue weighted by atomic mass is 9.87. The second-order valence-electron chi connectivity index (χ2n) is 7.22. The second kappa shape index (κ2) is 10.0. The first kappa shape index (κ1) is 22.4. The highest BCUT2D eigenvalue weighted by Gasteiger charge is 2.24. The molecule has 0 saturated carbocycles. The minimum Gasteiger partial charge on any atom is -0.465 e. The molecule has 0 aliphatic rings. The molecule has 156 valence electrons. The van der Waals surface area contributed by atoms with Crippen LogP contribution < -0.4 is 15.8 Å². The maximum atomic E-state index is 13.1. The SMILES string of the molecule is CC(C)(CCCNC(=O)O)CN(NC(=O)c1ccc(F)cc1)c1ccnc(Cl)n1. The fraction of sp³-hybridized carbons (Fsp3) is 0.368. The molecule has 0 atom stereocenters. The molecular weight excluding hydrogens is 401 g/mol. The molecule has 0 radical (unpaired) electrons. The predicted molar refractivity (Wildman–Crippen MR) is 107 cm³/mol. The summed E-state index contributed by atoms with van der Waals surface area (Å²) in [5.41, 5.74) is 2.77. The number of carbonyl (C=O) groups is 2. The van der Waals surface area contributed by atoms with Crippen molar-refractivity contribution in [1.29, 1.82) is 0 Å². The summed E-state index contributed by atoms with van der Waals surface area (Å²) >= 11 is 5.90. The Labute approximate surface area is 173 Å². The Morgan fingerprint density at radius 1 is 1.24 bits per heavy atom. The number of aromatic nitrogens is 2. The van der Waals surface area contributed by atoms with E-state index in [0.29, 0.717) is 37.3 Å². The molecule has 1 aromatic heterocycles. The molecule has 0 aliphatic heterocycles. The van der Waals surface area contributed by atoms with E-state index in [-0.39, 0.29) is 10.7 Å². The molecule has 2 rings (SSSR count). The Bertz CT molecular complexity index is 848. The van der Waals surface area contributed by atoms with Gasteiger partial charge in [0.2, 0.25) is 5.28 Å². The van der Waals surface area contributed by atoms with E-state index in [1.807, 2.05) is 13.8 Å². The van der Waals surface area contributed by atoms with Crippen molar-refractivity contribution in [3.63, 3.8) is 0 Å². The molecule has 0 saturated heterocycles. The van der Waals surface area contributed by atoms with Crippen molar-refractivity contribution in [3.8, 4) is 0 Å². The van der Waals surface area contributed by atoms with Crippen LogP contribution in [0.25, 0.3) is 0 Å². The van der Waals surface area contributed by atoms with Crippen LogP contribution in [0.4, 0.5) is 15.0 Å². The Morgan fingerprint density at radius 3 is 2.55 bits per heavy atom. The van der Waals surface area contributed by atoms with Crippen molar-refractivity contribution in [2.45, 2.75) is 26.7 Å². The third-order valence-corrected chi connectivity index (χ3v) is 4.31. The summed E-state index contributed by atoms with van der Waals surface area (Å²) in [4.78, 5) is 31.2. The van der Waals surface area contributed by atoms with E-state index in [1.165, 1.54) is 30.5 Å². The van der Waals surface area contributed by atoms with E-state index >= 15 is 0 Å². The maximum Gasteiger partial charge on any atom is 0.404 e. The van der Waals surface area contributed by atoms with Crippen molar-refractivity contribution in [2.24, 2.45) is 5.41 Å². The molecule has 2 amide bonds. The standard InChI is InChI=1S/C19H23ClFN5O3/c1-19(2,9-3-10-23-18(28)29)12-26(15-8-11-22-17(20)24-15)25-16(27)13-4-6-14(21)7-5-13/h4-8,11,23H,3,9-10,12H2,1-2H3,(H,25,27)(H,28,29). The first-order valence-corrected chi connectivity index (χ1v) is 9.33. The van der Waals surface area contributed by atoms with Crippen LogP contribution in [-0.2, 0) is 0 Å². The van der Waals surface area contributed by atoms with Gasteiger partial charge in [0.15, 0.2) is 5.82 Å². The molecular formula is C19H23ClFN5O3. The Morgan fingerprint density at radius 2 is 1.93 bits per heavy atom. The number of nitrogens with one attached hydrogen (secondary N) is 2. The molecule has 10 heteroatoms. The average Bonchev–Trinajstić information content (AvgIpc) is 2.65. The van der Waals surface area contributed by atoms with Gasteiger partial charge in [-0.05, 0) is 54.1 Å². The summed E-state index contributed by atoms with van der Waals surface area (Å²) in [7, 11) is 0. The minimum absolute atomic E-state index is 0.0343. The molecule has 3 N–H and O–H groups in total. The molecule has 29 heavy (non-hydrogen) atoms. The van der Waals surface area contributed by atoms with Crippen LogP contribution in [0.3, 0.4) is 0 Å². The van der Waals surface area contributed by atoms with Crippen LogP contribution in [0.5, 0.6) is 0 Å². The third kappa shape index (κ3) is 7.53. The number of hydrogen-bond acceptors (Lipinski definition) is 5. The van der Waals surface area contributed by atoms with E-state index in [4.69, 9.17) is 16.7 Å². The van der Waals surface area contributed by atoms with E-state index < -0.39 is 17.8 Å². The van der Waals surface area contributed by atoms with E-state index in [1.54, 1.807) is 11.1 Å². The molecule has 0 aliphatic carbocycles. The zero-order chi connectivity index (χ0) is 21.4. The molecule has 0 bridgehead atoms. The summed E-state index contributed by atoms with van der Waals surface area (Å²) in [5, 5.41) is 12.6. The topological polar surface area (TPSA) is 107 Å². The van der Waals surface area contributed by atoms with Gasteiger partial charge in [-0.2, -0.15) is 4.98 Å². The van der Waals surface area contributed by atoms with Gasteiger partial charge in [0, 0.05) is 30.9 Å². The van der Waals surface area contributed by atoms with Gasteiger partial charge in [-0.25, -0.2) is 14.2 Å². The van der Waals surface area contributed by atoms with E-state index in [2.05, 4.69) is 20.7 Å². The number of amides is 2. The summed E-state index contributed by atoms with van der Waals surface area (Å²) in [6.45, 7) is 4.70. The normalized spacial score (nSPS) is 11.0. The number of anilines is 1. The Balaban J connectivity index is 2.13. The molecule has 0 spiro atoms. The summed E-state index contributed by atoms with van der Waals surface area (Å²) in [6, 6.07) is 6.80. The number of benzene rings is 1. The summed E-state index contributed by atoms with van der Waals surface area (Å²) in [6.07, 6.45) is 1.73. The van der Waals surface area contributed by atoms with Gasteiger partial charge in [-0.3, -0.25) is 15.2 Å². The lowest BCUT2D eigenvalue weighted by Crippen LogP contribution is -2.47. The zero-order valence-corrected chi connectivity index (χ0v) is 16.9. The molecule has 0 unspecified atom stereocenters. The van der Waals surface area contributed by atoms with Crippen LogP contribution in [0, 0.1) is 11.2 Å². The molecule has 1 heterocycles. The lowest BCUT2D eigenvalue weighted by Gasteiger charge is -2.33. The van der Waals surface area contributed by atoms with Crippen molar-refractivity contribution >= 4 is 29.4 Å². The minimum atomic E-state index is -1.06. The quantitative estimate of drug-likeness (QED) is 0.323. The van der Waals surface area contributed by atoms with Gasteiger partial charge in [-0.1, -0.05) is 13.8 Å². The van der Waals surface area contributed by atoms with Crippen LogP contribution >= 0.6 is 11.6 Å². The molecule has 8 nitrogen and oxygen atoms in total. The van der Waals surface area contributed by atoms with Crippen LogP contribution in [0.2, 0.25) is 5.28 Å². The second-order valence-corrected chi connectivity index (χ2v) is 7.56. The number of hydrazine groups is 1. The smallest absolute Gasteiger partial charge is 0.404 e. The molecule has 1 aromatic carbocycles. The van der Waals surface area contributed by atoms with Gasteiger partial charge < -0.3 is 10.4 Å². The Hall–Kier alpha value is -2.94. The van der Waals surface area contributed by atoms with E-state index in [9.17, 15) is 14.0 Å². The van der Waals surface area contributed by atoms with E-state index in [0.717, 1.165) is 0 Å².